The zero-order valence-electron chi connectivity index (χ0n) is 9.77. The molecule has 0 bridgehead atoms. The summed E-state index contributed by atoms with van der Waals surface area (Å²) in [6.07, 6.45) is 0. The van der Waals surface area contributed by atoms with Gasteiger partial charge in [-0.05, 0) is 29.7 Å². The average molecular weight is 249 g/mol. The third kappa shape index (κ3) is 1.96. The van der Waals surface area contributed by atoms with Crippen LogP contribution in [0.2, 0.25) is 0 Å². The summed E-state index contributed by atoms with van der Waals surface area (Å²) in [6.45, 7) is 4.11. The van der Waals surface area contributed by atoms with E-state index in [4.69, 9.17) is 4.74 Å². The molecular formula is C12H15N3OS. The Morgan fingerprint density at radius 1 is 1.35 bits per heavy atom. The number of fused-ring (bicyclic) bond motifs is 1. The van der Waals surface area contributed by atoms with Crippen LogP contribution in [0.5, 0.6) is 5.75 Å². The maximum Gasteiger partial charge on any atom is 0.150 e. The molecule has 1 aliphatic heterocycles. The molecular weight excluding hydrogens is 234 g/mol. The van der Waals surface area contributed by atoms with Crippen LogP contribution in [-0.2, 0) is 0 Å². The van der Waals surface area contributed by atoms with E-state index >= 15 is 0 Å². The number of piperazine rings is 1. The van der Waals surface area contributed by atoms with Gasteiger partial charge < -0.3 is 15.0 Å². The van der Waals surface area contributed by atoms with E-state index in [9.17, 15) is 0 Å². The van der Waals surface area contributed by atoms with Crippen molar-refractivity contribution in [1.82, 2.24) is 9.69 Å². The van der Waals surface area contributed by atoms with Crippen LogP contribution in [0.3, 0.4) is 0 Å². The molecule has 1 N–H and O–H groups in total. The molecule has 0 atom stereocenters. The monoisotopic (exact) mass is 249 g/mol. The number of rotatable bonds is 2. The Bertz CT molecular complexity index is 519. The molecule has 1 fully saturated rings. The van der Waals surface area contributed by atoms with Gasteiger partial charge in [-0.1, -0.05) is 0 Å². The smallest absolute Gasteiger partial charge is 0.150 e. The van der Waals surface area contributed by atoms with E-state index in [2.05, 4.69) is 26.7 Å². The van der Waals surface area contributed by atoms with Crippen molar-refractivity contribution < 1.29 is 4.74 Å². The largest absolute Gasteiger partial charge is 0.497 e. The molecule has 0 saturated carbocycles. The Labute approximate surface area is 104 Å². The minimum Gasteiger partial charge on any atom is -0.497 e. The van der Waals surface area contributed by atoms with Gasteiger partial charge in [0.15, 0.2) is 0 Å². The van der Waals surface area contributed by atoms with Gasteiger partial charge in [0.25, 0.3) is 0 Å². The minimum atomic E-state index is 0.897. The molecule has 90 valence electrons. The van der Waals surface area contributed by atoms with Crippen molar-refractivity contribution in [2.75, 3.05) is 38.2 Å². The highest BCUT2D eigenvalue weighted by molar-refractivity contribution is 7.13. The fourth-order valence-corrected chi connectivity index (χ4v) is 2.91. The number of anilines is 1. The van der Waals surface area contributed by atoms with Crippen LogP contribution >= 0.6 is 11.5 Å². The lowest BCUT2D eigenvalue weighted by molar-refractivity contribution is 0.415. The second kappa shape index (κ2) is 4.50. The second-order valence-electron chi connectivity index (χ2n) is 4.11. The van der Waals surface area contributed by atoms with Crippen molar-refractivity contribution in [2.45, 2.75) is 0 Å². The van der Waals surface area contributed by atoms with Crippen molar-refractivity contribution in [3.8, 4) is 5.75 Å². The lowest BCUT2D eigenvalue weighted by Gasteiger charge is -2.27. The number of benzene rings is 1. The number of methoxy groups -OCH3 is 1. The summed E-state index contributed by atoms with van der Waals surface area (Å²) in [5.41, 5.74) is 0. The summed E-state index contributed by atoms with van der Waals surface area (Å²) < 4.78 is 11.1. The first-order valence-corrected chi connectivity index (χ1v) is 6.55. The van der Waals surface area contributed by atoms with Crippen molar-refractivity contribution in [3.63, 3.8) is 0 Å². The number of aromatic nitrogens is 1. The van der Waals surface area contributed by atoms with Gasteiger partial charge in [-0.2, -0.15) is 4.37 Å². The van der Waals surface area contributed by atoms with Gasteiger partial charge in [0, 0.05) is 31.6 Å². The Morgan fingerprint density at radius 2 is 2.18 bits per heavy atom. The summed E-state index contributed by atoms with van der Waals surface area (Å²) in [5, 5.41) is 4.56. The van der Waals surface area contributed by atoms with Gasteiger partial charge in [0.05, 0.1) is 11.8 Å². The zero-order valence-corrected chi connectivity index (χ0v) is 10.6. The number of hydrogen-bond acceptors (Lipinski definition) is 5. The van der Waals surface area contributed by atoms with Crippen LogP contribution in [0, 0.1) is 0 Å². The van der Waals surface area contributed by atoms with E-state index in [0.717, 1.165) is 37.7 Å². The standard InChI is InChI=1S/C12H15N3OS/c1-16-9-2-3-11-10(8-9)12(14-17-11)15-6-4-13-5-7-15/h2-3,8,13H,4-7H2,1H3. The lowest BCUT2D eigenvalue weighted by atomic mass is 10.2. The number of ether oxygens (including phenoxy) is 1. The summed E-state index contributed by atoms with van der Waals surface area (Å²) >= 11 is 1.56. The van der Waals surface area contributed by atoms with Crippen molar-refractivity contribution in [1.29, 1.82) is 0 Å². The first-order valence-electron chi connectivity index (χ1n) is 5.77. The van der Waals surface area contributed by atoms with Gasteiger partial charge in [-0.25, -0.2) is 0 Å². The first-order chi connectivity index (χ1) is 8.38. The second-order valence-corrected chi connectivity index (χ2v) is 4.91. The van der Waals surface area contributed by atoms with Crippen molar-refractivity contribution in [3.05, 3.63) is 18.2 Å². The van der Waals surface area contributed by atoms with E-state index in [-0.39, 0.29) is 0 Å². The Hall–Kier alpha value is -1.33. The molecule has 1 aromatic carbocycles. The van der Waals surface area contributed by atoms with Crippen molar-refractivity contribution >= 4 is 27.4 Å². The van der Waals surface area contributed by atoms with Crippen LogP contribution in [0.15, 0.2) is 18.2 Å². The number of hydrogen-bond donors (Lipinski definition) is 1. The molecule has 0 amide bonds. The third-order valence-corrected chi connectivity index (χ3v) is 3.89. The highest BCUT2D eigenvalue weighted by Crippen LogP contribution is 2.32. The molecule has 4 nitrogen and oxygen atoms in total. The van der Waals surface area contributed by atoms with Crippen LogP contribution in [-0.4, -0.2) is 37.7 Å². The fraction of sp³-hybridized carbons (Fsp3) is 0.417. The highest BCUT2D eigenvalue weighted by atomic mass is 32.1. The molecule has 2 heterocycles. The van der Waals surface area contributed by atoms with E-state index in [1.54, 1.807) is 18.6 Å². The fourth-order valence-electron chi connectivity index (χ4n) is 2.14. The maximum absolute atomic E-state index is 5.28. The normalized spacial score (nSPS) is 16.4. The Balaban J connectivity index is 2.02. The van der Waals surface area contributed by atoms with Gasteiger partial charge >= 0.3 is 0 Å². The van der Waals surface area contributed by atoms with E-state index in [0.29, 0.717) is 0 Å². The van der Waals surface area contributed by atoms with E-state index in [1.165, 1.54) is 10.1 Å². The van der Waals surface area contributed by atoms with Crippen LogP contribution in [0.1, 0.15) is 0 Å². The van der Waals surface area contributed by atoms with Gasteiger partial charge in [-0.15, -0.1) is 0 Å². The predicted octanol–water partition coefficient (Wildman–Crippen LogP) is 1.71. The van der Waals surface area contributed by atoms with Gasteiger partial charge in [0.2, 0.25) is 0 Å². The Kier molecular flexibility index (Phi) is 2.86. The predicted molar refractivity (Wildman–Crippen MR) is 71.3 cm³/mol. The lowest BCUT2D eigenvalue weighted by Crippen LogP contribution is -2.43. The van der Waals surface area contributed by atoms with Crippen LogP contribution in [0.25, 0.3) is 10.1 Å². The van der Waals surface area contributed by atoms with E-state index in [1.807, 2.05) is 6.07 Å². The number of nitrogens with zero attached hydrogens (tertiary/aromatic N) is 2. The molecule has 1 aliphatic rings. The summed E-state index contributed by atoms with van der Waals surface area (Å²) in [6, 6.07) is 6.15. The molecule has 2 aromatic rings. The van der Waals surface area contributed by atoms with Gasteiger partial charge in [0.1, 0.15) is 11.6 Å². The van der Waals surface area contributed by atoms with Crippen molar-refractivity contribution in [2.24, 2.45) is 0 Å². The summed E-state index contributed by atoms with van der Waals surface area (Å²) in [5.74, 6) is 2.00. The summed E-state index contributed by atoms with van der Waals surface area (Å²) in [4.78, 5) is 2.34. The third-order valence-electron chi connectivity index (χ3n) is 3.07. The zero-order chi connectivity index (χ0) is 11.7. The van der Waals surface area contributed by atoms with E-state index < -0.39 is 0 Å². The first kappa shape index (κ1) is 10.8. The molecule has 0 unspecified atom stereocenters. The van der Waals surface area contributed by atoms with Crippen LogP contribution in [0.4, 0.5) is 5.82 Å². The average Bonchev–Trinajstić information content (AvgIpc) is 2.82. The Morgan fingerprint density at radius 3 is 2.94 bits per heavy atom. The SMILES string of the molecule is COc1ccc2snc(N3CCNCC3)c2c1. The van der Waals surface area contributed by atoms with Gasteiger partial charge in [-0.3, -0.25) is 0 Å². The topological polar surface area (TPSA) is 37.4 Å². The molecule has 5 heteroatoms. The highest BCUT2D eigenvalue weighted by Gasteiger charge is 2.16. The minimum absolute atomic E-state index is 0.897. The molecule has 0 spiro atoms. The number of nitrogens with one attached hydrogen (secondary N) is 1. The maximum atomic E-state index is 5.28. The quantitative estimate of drug-likeness (QED) is 0.879. The molecule has 17 heavy (non-hydrogen) atoms. The summed E-state index contributed by atoms with van der Waals surface area (Å²) in [7, 11) is 1.70. The molecule has 1 saturated heterocycles. The molecule has 3 rings (SSSR count). The molecule has 1 aromatic heterocycles. The molecule has 0 aliphatic carbocycles. The van der Waals surface area contributed by atoms with Crippen LogP contribution < -0.4 is 15.0 Å². The molecule has 0 radical (unpaired) electrons.